The van der Waals surface area contributed by atoms with E-state index in [1.807, 2.05) is 13.8 Å². The summed E-state index contributed by atoms with van der Waals surface area (Å²) in [6.45, 7) is 5.23. The average molecular weight is 227 g/mol. The Morgan fingerprint density at radius 1 is 1.13 bits per heavy atom. The van der Waals surface area contributed by atoms with Crippen molar-refractivity contribution in [1.29, 1.82) is 0 Å². The van der Waals surface area contributed by atoms with E-state index in [-0.39, 0.29) is 12.6 Å². The topological polar surface area (TPSA) is 21.3 Å². The largest absolute Gasteiger partial charge is 0.390 e. The number of unbranched alkanes of at least 4 members (excludes halogenated alkanes) is 1. The van der Waals surface area contributed by atoms with Crippen LogP contribution in [0.15, 0.2) is 0 Å². The van der Waals surface area contributed by atoms with Gasteiger partial charge in [-0.3, -0.25) is 0 Å². The van der Waals surface area contributed by atoms with Gasteiger partial charge >= 0.3 is 6.18 Å². The minimum absolute atomic E-state index is 0.00847. The van der Waals surface area contributed by atoms with Gasteiger partial charge in [0.05, 0.1) is 12.5 Å². The maximum absolute atomic E-state index is 11.7. The van der Waals surface area contributed by atoms with Crippen LogP contribution in [0.2, 0.25) is 0 Å². The second-order valence-electron chi connectivity index (χ2n) is 3.74. The fraction of sp³-hybridized carbons (Fsp3) is 1.00. The number of halogens is 3. The molecule has 0 atom stereocenters. The number of ether oxygens (including phenoxy) is 1. The van der Waals surface area contributed by atoms with Crippen molar-refractivity contribution in [2.24, 2.45) is 0 Å². The van der Waals surface area contributed by atoms with E-state index >= 15 is 0 Å². The van der Waals surface area contributed by atoms with Gasteiger partial charge < -0.3 is 10.1 Å². The number of nitrogens with one attached hydrogen (secondary N) is 1. The summed E-state index contributed by atoms with van der Waals surface area (Å²) >= 11 is 0. The first-order chi connectivity index (χ1) is 6.92. The van der Waals surface area contributed by atoms with Crippen LogP contribution in [0, 0.1) is 0 Å². The lowest BCUT2D eigenvalue weighted by Crippen LogP contribution is -2.22. The summed E-state index contributed by atoms with van der Waals surface area (Å²) in [6, 6.07) is 0. The van der Waals surface area contributed by atoms with Crippen molar-refractivity contribution in [2.75, 3.05) is 19.7 Å². The fourth-order valence-corrected chi connectivity index (χ4v) is 1.03. The van der Waals surface area contributed by atoms with Crippen LogP contribution in [0.5, 0.6) is 0 Å². The Hall–Kier alpha value is -0.290. The van der Waals surface area contributed by atoms with E-state index in [1.54, 1.807) is 0 Å². The van der Waals surface area contributed by atoms with Crippen molar-refractivity contribution >= 4 is 0 Å². The van der Waals surface area contributed by atoms with Crippen LogP contribution in [-0.2, 0) is 4.74 Å². The minimum atomic E-state index is -4.05. The smallest absolute Gasteiger partial charge is 0.379 e. The van der Waals surface area contributed by atoms with Gasteiger partial charge in [-0.1, -0.05) is 0 Å². The molecule has 0 aromatic heterocycles. The molecule has 0 saturated heterocycles. The molecule has 0 amide bonds. The molecule has 0 heterocycles. The second kappa shape index (κ2) is 7.93. The van der Waals surface area contributed by atoms with Gasteiger partial charge in [0.15, 0.2) is 0 Å². The van der Waals surface area contributed by atoms with Crippen molar-refractivity contribution in [1.82, 2.24) is 5.32 Å². The Kier molecular flexibility index (Phi) is 7.78. The summed E-state index contributed by atoms with van der Waals surface area (Å²) in [7, 11) is 0. The number of alkyl halides is 3. The van der Waals surface area contributed by atoms with Crippen molar-refractivity contribution in [3.63, 3.8) is 0 Å². The van der Waals surface area contributed by atoms with Crippen LogP contribution >= 0.6 is 0 Å². The first-order valence-electron chi connectivity index (χ1n) is 5.31. The predicted octanol–water partition coefficient (Wildman–Crippen LogP) is 2.73. The van der Waals surface area contributed by atoms with Crippen LogP contribution in [-0.4, -0.2) is 32.0 Å². The quantitative estimate of drug-likeness (QED) is 0.644. The van der Waals surface area contributed by atoms with Crippen LogP contribution in [0.25, 0.3) is 0 Å². The lowest BCUT2D eigenvalue weighted by atomic mass is 10.3. The molecule has 0 aromatic rings. The molecule has 5 heteroatoms. The molecule has 15 heavy (non-hydrogen) atoms. The lowest BCUT2D eigenvalue weighted by Gasteiger charge is -2.08. The van der Waals surface area contributed by atoms with Crippen molar-refractivity contribution in [3.8, 4) is 0 Å². The lowest BCUT2D eigenvalue weighted by molar-refractivity contribution is -0.133. The van der Waals surface area contributed by atoms with Crippen molar-refractivity contribution in [2.45, 2.75) is 45.4 Å². The van der Waals surface area contributed by atoms with E-state index in [2.05, 4.69) is 5.32 Å². The maximum Gasteiger partial charge on any atom is 0.390 e. The van der Waals surface area contributed by atoms with E-state index in [0.29, 0.717) is 13.2 Å². The van der Waals surface area contributed by atoms with Crippen LogP contribution < -0.4 is 5.32 Å². The maximum atomic E-state index is 11.7. The first kappa shape index (κ1) is 14.7. The molecule has 0 fully saturated rings. The molecule has 0 radical (unpaired) electrons. The van der Waals surface area contributed by atoms with Gasteiger partial charge in [0.2, 0.25) is 0 Å². The van der Waals surface area contributed by atoms with E-state index in [1.165, 1.54) is 0 Å². The van der Waals surface area contributed by atoms with Gasteiger partial charge in [0.1, 0.15) is 0 Å². The summed E-state index contributed by atoms with van der Waals surface area (Å²) in [4.78, 5) is 0. The third-order valence-corrected chi connectivity index (χ3v) is 1.78. The molecule has 0 bridgehead atoms. The van der Waals surface area contributed by atoms with Crippen LogP contribution in [0.1, 0.15) is 33.1 Å². The van der Waals surface area contributed by atoms with Crippen LogP contribution in [0.4, 0.5) is 13.2 Å². The number of rotatable bonds is 8. The molecule has 0 saturated carbocycles. The Labute approximate surface area is 89.2 Å². The Morgan fingerprint density at radius 3 is 2.33 bits per heavy atom. The molecule has 0 aromatic carbocycles. The highest BCUT2D eigenvalue weighted by Crippen LogP contribution is 2.17. The van der Waals surface area contributed by atoms with Crippen molar-refractivity contribution in [3.05, 3.63) is 0 Å². The average Bonchev–Trinajstić information content (AvgIpc) is 2.07. The molecule has 92 valence electrons. The van der Waals surface area contributed by atoms with Gasteiger partial charge in [0.25, 0.3) is 0 Å². The Balaban J connectivity index is 3.06. The van der Waals surface area contributed by atoms with Gasteiger partial charge in [-0.25, -0.2) is 0 Å². The van der Waals surface area contributed by atoms with E-state index in [0.717, 1.165) is 12.8 Å². The molecule has 0 aliphatic heterocycles. The molecule has 1 N–H and O–H groups in total. The zero-order chi connectivity index (χ0) is 11.7. The highest BCUT2D eigenvalue weighted by molar-refractivity contribution is 4.54. The predicted molar refractivity (Wildman–Crippen MR) is 53.9 cm³/mol. The molecule has 0 spiro atoms. The number of hydrogen-bond donors (Lipinski definition) is 1. The Bertz CT molecular complexity index is 148. The molecule has 0 rings (SSSR count). The minimum Gasteiger partial charge on any atom is -0.379 e. The second-order valence-corrected chi connectivity index (χ2v) is 3.74. The highest BCUT2D eigenvalue weighted by atomic mass is 19.4. The van der Waals surface area contributed by atoms with Crippen molar-refractivity contribution < 1.29 is 17.9 Å². The Morgan fingerprint density at radius 2 is 1.80 bits per heavy atom. The molecule has 0 unspecified atom stereocenters. The summed E-state index contributed by atoms with van der Waals surface area (Å²) in [5.74, 6) is 0. The summed E-state index contributed by atoms with van der Waals surface area (Å²) in [5.41, 5.74) is 0. The normalized spacial score (nSPS) is 12.4. The third-order valence-electron chi connectivity index (χ3n) is 1.78. The monoisotopic (exact) mass is 227 g/mol. The highest BCUT2D eigenvalue weighted by Gasteiger charge is 2.25. The standard InChI is InChI=1S/C10H20F3NO/c1-9(2)15-8-4-3-6-14-7-5-10(11,12)13/h9,14H,3-8H2,1-2H3. The number of hydrogen-bond acceptors (Lipinski definition) is 2. The summed E-state index contributed by atoms with van der Waals surface area (Å²) in [6.07, 6.45) is -2.84. The molecular weight excluding hydrogens is 207 g/mol. The zero-order valence-electron chi connectivity index (χ0n) is 9.36. The first-order valence-corrected chi connectivity index (χ1v) is 5.31. The fourth-order valence-electron chi connectivity index (χ4n) is 1.03. The molecular formula is C10H20F3NO. The molecule has 0 aliphatic rings. The third kappa shape index (κ3) is 13.7. The van der Waals surface area contributed by atoms with Crippen LogP contribution in [0.3, 0.4) is 0 Å². The van der Waals surface area contributed by atoms with E-state index in [9.17, 15) is 13.2 Å². The van der Waals surface area contributed by atoms with E-state index < -0.39 is 12.6 Å². The molecule has 0 aliphatic carbocycles. The van der Waals surface area contributed by atoms with Gasteiger partial charge in [-0.2, -0.15) is 13.2 Å². The summed E-state index contributed by atoms with van der Waals surface area (Å²) in [5, 5.41) is 2.75. The van der Waals surface area contributed by atoms with Gasteiger partial charge in [-0.05, 0) is 33.2 Å². The zero-order valence-corrected chi connectivity index (χ0v) is 9.36. The van der Waals surface area contributed by atoms with Gasteiger partial charge in [-0.15, -0.1) is 0 Å². The van der Waals surface area contributed by atoms with Gasteiger partial charge in [0, 0.05) is 13.2 Å². The molecule has 2 nitrogen and oxygen atoms in total. The summed E-state index contributed by atoms with van der Waals surface area (Å²) < 4.78 is 40.4. The SMILES string of the molecule is CC(C)OCCCCNCCC(F)(F)F. The van der Waals surface area contributed by atoms with E-state index in [4.69, 9.17) is 4.74 Å².